The van der Waals surface area contributed by atoms with E-state index in [0.29, 0.717) is 0 Å². The predicted molar refractivity (Wildman–Crippen MR) is 61.8 cm³/mol. The maximum Gasteiger partial charge on any atom is 0.234 e. The zero-order valence-corrected chi connectivity index (χ0v) is 10.8. The average Bonchev–Trinajstić information content (AvgIpc) is 2.80. The Morgan fingerprint density at radius 2 is 1.62 bits per heavy atom. The SMILES string of the molecule is CC1(C(=O)Nc2c(F)c(F)c(F)c(F)c2F)COCC1N. The summed E-state index contributed by atoms with van der Waals surface area (Å²) in [6, 6.07) is -0.765. The molecule has 0 spiro atoms. The van der Waals surface area contributed by atoms with E-state index in [2.05, 4.69) is 0 Å². The highest BCUT2D eigenvalue weighted by Gasteiger charge is 2.45. The van der Waals surface area contributed by atoms with E-state index in [4.69, 9.17) is 10.5 Å². The number of ether oxygens (including phenoxy) is 1. The maximum absolute atomic E-state index is 13.5. The van der Waals surface area contributed by atoms with Crippen molar-refractivity contribution in [2.75, 3.05) is 18.5 Å². The number of carbonyl (C=O) groups excluding carboxylic acids is 1. The van der Waals surface area contributed by atoms with Crippen LogP contribution in [0, 0.1) is 34.5 Å². The van der Waals surface area contributed by atoms with Gasteiger partial charge < -0.3 is 15.8 Å². The monoisotopic (exact) mass is 310 g/mol. The fourth-order valence-electron chi connectivity index (χ4n) is 1.89. The van der Waals surface area contributed by atoms with Crippen LogP contribution in [0.15, 0.2) is 0 Å². The molecular weight excluding hydrogens is 299 g/mol. The summed E-state index contributed by atoms with van der Waals surface area (Å²) in [5, 5.41) is 1.70. The quantitative estimate of drug-likeness (QED) is 0.496. The zero-order valence-electron chi connectivity index (χ0n) is 10.8. The van der Waals surface area contributed by atoms with Crippen LogP contribution in [0.5, 0.6) is 0 Å². The molecule has 1 aromatic carbocycles. The molecule has 0 aliphatic carbocycles. The number of hydrogen-bond acceptors (Lipinski definition) is 3. The number of benzene rings is 1. The van der Waals surface area contributed by atoms with E-state index in [-0.39, 0.29) is 13.2 Å². The summed E-state index contributed by atoms with van der Waals surface area (Å²) < 4.78 is 70.9. The van der Waals surface area contributed by atoms with E-state index in [9.17, 15) is 26.7 Å². The number of nitrogens with one attached hydrogen (secondary N) is 1. The Kier molecular flexibility index (Phi) is 3.89. The minimum absolute atomic E-state index is 0.0427. The van der Waals surface area contributed by atoms with Gasteiger partial charge in [0.2, 0.25) is 11.7 Å². The first-order chi connectivity index (χ1) is 9.70. The molecule has 9 heteroatoms. The van der Waals surface area contributed by atoms with Crippen molar-refractivity contribution < 1.29 is 31.5 Å². The van der Waals surface area contributed by atoms with Gasteiger partial charge in [-0.05, 0) is 6.92 Å². The first kappa shape index (κ1) is 15.6. The van der Waals surface area contributed by atoms with Gasteiger partial charge in [-0.25, -0.2) is 22.0 Å². The van der Waals surface area contributed by atoms with Crippen LogP contribution in [0.1, 0.15) is 6.92 Å². The van der Waals surface area contributed by atoms with E-state index in [1.807, 2.05) is 0 Å². The Hall–Kier alpha value is -1.74. The minimum Gasteiger partial charge on any atom is -0.379 e. The average molecular weight is 310 g/mol. The molecule has 0 saturated carbocycles. The lowest BCUT2D eigenvalue weighted by Gasteiger charge is -2.25. The first-order valence-electron chi connectivity index (χ1n) is 5.86. The highest BCUT2D eigenvalue weighted by molar-refractivity contribution is 5.96. The van der Waals surface area contributed by atoms with Crippen LogP contribution < -0.4 is 11.1 Å². The van der Waals surface area contributed by atoms with Crippen molar-refractivity contribution in [1.29, 1.82) is 0 Å². The molecular formula is C12H11F5N2O2. The number of hydrogen-bond donors (Lipinski definition) is 2. The predicted octanol–water partition coefficient (Wildman–Crippen LogP) is 1.68. The molecule has 1 aliphatic rings. The number of halogens is 5. The number of carbonyl (C=O) groups is 1. The van der Waals surface area contributed by atoms with Crippen LogP contribution >= 0.6 is 0 Å². The fourth-order valence-corrected chi connectivity index (χ4v) is 1.89. The van der Waals surface area contributed by atoms with Crippen molar-refractivity contribution in [3.63, 3.8) is 0 Å². The van der Waals surface area contributed by atoms with Gasteiger partial charge in [-0.1, -0.05) is 0 Å². The van der Waals surface area contributed by atoms with E-state index in [0.717, 1.165) is 0 Å². The van der Waals surface area contributed by atoms with Crippen LogP contribution in [0.4, 0.5) is 27.6 Å². The topological polar surface area (TPSA) is 64.3 Å². The lowest BCUT2D eigenvalue weighted by atomic mass is 9.85. The Morgan fingerprint density at radius 1 is 1.14 bits per heavy atom. The molecule has 1 aromatic rings. The number of amides is 1. The lowest BCUT2D eigenvalue weighted by Crippen LogP contribution is -2.47. The van der Waals surface area contributed by atoms with E-state index >= 15 is 0 Å². The van der Waals surface area contributed by atoms with Crippen molar-refractivity contribution in [2.45, 2.75) is 13.0 Å². The van der Waals surface area contributed by atoms with Gasteiger partial charge in [-0.3, -0.25) is 4.79 Å². The largest absolute Gasteiger partial charge is 0.379 e. The normalized spacial score (nSPS) is 25.2. The summed E-state index contributed by atoms with van der Waals surface area (Å²) in [5.74, 6) is -11.8. The van der Waals surface area contributed by atoms with Gasteiger partial charge in [0, 0.05) is 6.04 Å². The first-order valence-corrected chi connectivity index (χ1v) is 5.86. The molecule has 1 amide bonds. The van der Waals surface area contributed by atoms with Crippen LogP contribution in [0.3, 0.4) is 0 Å². The third-order valence-electron chi connectivity index (χ3n) is 3.48. The minimum atomic E-state index is -2.30. The molecule has 2 atom stereocenters. The van der Waals surface area contributed by atoms with Crippen molar-refractivity contribution in [1.82, 2.24) is 0 Å². The standard InChI is InChI=1S/C12H11F5N2O2/c1-12(3-21-2-4(12)18)11(20)19-10-8(16)6(14)5(13)7(15)9(10)17/h4H,2-3,18H2,1H3,(H,19,20). The summed E-state index contributed by atoms with van der Waals surface area (Å²) in [5.41, 5.74) is 2.91. The van der Waals surface area contributed by atoms with Crippen molar-refractivity contribution in [3.8, 4) is 0 Å². The molecule has 2 unspecified atom stereocenters. The summed E-state index contributed by atoms with van der Waals surface area (Å²) in [7, 11) is 0. The van der Waals surface area contributed by atoms with Crippen LogP contribution in [0.2, 0.25) is 0 Å². The van der Waals surface area contributed by atoms with E-state index in [1.54, 1.807) is 5.32 Å². The molecule has 116 valence electrons. The molecule has 3 N–H and O–H groups in total. The molecule has 2 rings (SSSR count). The van der Waals surface area contributed by atoms with Crippen LogP contribution in [0.25, 0.3) is 0 Å². The molecule has 21 heavy (non-hydrogen) atoms. The van der Waals surface area contributed by atoms with Crippen LogP contribution in [-0.2, 0) is 9.53 Å². The van der Waals surface area contributed by atoms with Gasteiger partial charge in [0.1, 0.15) is 5.69 Å². The molecule has 0 aromatic heterocycles. The Labute approximate surface area is 116 Å². The van der Waals surface area contributed by atoms with Gasteiger partial charge >= 0.3 is 0 Å². The number of anilines is 1. The molecule has 1 heterocycles. The van der Waals surface area contributed by atoms with Crippen molar-refractivity contribution in [2.24, 2.45) is 11.1 Å². The number of rotatable bonds is 2. The smallest absolute Gasteiger partial charge is 0.234 e. The van der Waals surface area contributed by atoms with Gasteiger partial charge in [0.15, 0.2) is 23.3 Å². The molecule has 1 saturated heterocycles. The van der Waals surface area contributed by atoms with E-state index in [1.165, 1.54) is 6.92 Å². The highest BCUT2D eigenvalue weighted by Crippen LogP contribution is 2.32. The van der Waals surface area contributed by atoms with Gasteiger partial charge in [0.25, 0.3) is 0 Å². The highest BCUT2D eigenvalue weighted by atomic mass is 19.2. The van der Waals surface area contributed by atoms with Crippen molar-refractivity contribution in [3.05, 3.63) is 29.1 Å². The molecule has 1 aliphatic heterocycles. The third kappa shape index (κ3) is 2.36. The third-order valence-corrected chi connectivity index (χ3v) is 3.48. The Morgan fingerprint density at radius 3 is 2.05 bits per heavy atom. The zero-order chi connectivity index (χ0) is 15.9. The molecule has 4 nitrogen and oxygen atoms in total. The molecule has 1 fully saturated rings. The van der Waals surface area contributed by atoms with Gasteiger partial charge in [0.05, 0.1) is 18.6 Å². The summed E-state index contributed by atoms with van der Waals surface area (Å²) >= 11 is 0. The van der Waals surface area contributed by atoms with Crippen LogP contribution in [-0.4, -0.2) is 25.2 Å². The molecule has 0 radical (unpaired) electrons. The van der Waals surface area contributed by atoms with E-state index < -0.39 is 52.1 Å². The summed E-state index contributed by atoms with van der Waals surface area (Å²) in [6.45, 7) is 1.28. The summed E-state index contributed by atoms with van der Waals surface area (Å²) in [4.78, 5) is 12.0. The van der Waals surface area contributed by atoms with Gasteiger partial charge in [-0.2, -0.15) is 0 Å². The molecule has 0 bridgehead atoms. The second kappa shape index (κ2) is 5.23. The Balaban J connectivity index is 2.39. The fraction of sp³-hybridized carbons (Fsp3) is 0.417. The maximum atomic E-state index is 13.5. The summed E-state index contributed by atoms with van der Waals surface area (Å²) in [6.07, 6.45) is 0. The van der Waals surface area contributed by atoms with Crippen molar-refractivity contribution >= 4 is 11.6 Å². The second-order valence-corrected chi connectivity index (χ2v) is 4.94. The van der Waals surface area contributed by atoms with Gasteiger partial charge in [-0.15, -0.1) is 0 Å². The number of nitrogens with two attached hydrogens (primary N) is 1. The Bertz CT molecular complexity index is 581. The second-order valence-electron chi connectivity index (χ2n) is 4.94. The lowest BCUT2D eigenvalue weighted by molar-refractivity contribution is -0.125.